The number of likely N-dealkylation sites (tertiary alicyclic amines) is 1. The van der Waals surface area contributed by atoms with Crippen molar-refractivity contribution in [1.82, 2.24) is 9.88 Å². The third-order valence-electron chi connectivity index (χ3n) is 9.77. The Bertz CT molecular complexity index is 1800. The Morgan fingerprint density at radius 2 is 1.94 bits per heavy atom. The number of aromatic nitrogens is 1. The van der Waals surface area contributed by atoms with Crippen molar-refractivity contribution in [3.63, 3.8) is 0 Å². The summed E-state index contributed by atoms with van der Waals surface area (Å²) >= 11 is 12.4. The first-order valence-corrected chi connectivity index (χ1v) is 15.9. The summed E-state index contributed by atoms with van der Waals surface area (Å²) in [6.07, 6.45) is 3.59. The summed E-state index contributed by atoms with van der Waals surface area (Å²) in [7, 11) is 1.17. The van der Waals surface area contributed by atoms with Gasteiger partial charge >= 0.3 is 5.97 Å². The molecule has 246 valence electrons. The van der Waals surface area contributed by atoms with Crippen molar-refractivity contribution in [2.45, 2.75) is 50.6 Å². The Kier molecular flexibility index (Phi) is 8.71. The minimum atomic E-state index is -1.46. The second kappa shape index (κ2) is 12.5. The highest BCUT2D eigenvalue weighted by Crippen LogP contribution is 2.55. The molecule has 11 nitrogen and oxygen atoms in total. The molecule has 2 saturated heterocycles. The van der Waals surface area contributed by atoms with Crippen molar-refractivity contribution in [1.29, 1.82) is 0 Å². The number of halogens is 3. The molecule has 3 heterocycles. The highest BCUT2D eigenvalue weighted by Gasteiger charge is 2.65. The lowest BCUT2D eigenvalue weighted by Crippen LogP contribution is -2.56. The standard InChI is InChI=1S/C33H32Cl2FN5O6/c1-17-21(31(43)47-3)9-10-24(28(17)41(45)46)39-14-12-23-25(30(39)42)26(22-11-13-37-29(35)27(22)36)33(2,40(23)16-18-7-8-18)32(44)38-20-6-4-5-19(34)15-20/h4-6,9-11,13,15,18,23,25-26H,7-8,12,14,16H2,1-3H3,(H,38,44)/t23-,25+,26-,33+/m0/s1. The van der Waals surface area contributed by atoms with Crippen LogP contribution in [0.3, 0.4) is 0 Å². The van der Waals surface area contributed by atoms with Gasteiger partial charge in [-0.15, -0.1) is 0 Å². The lowest BCUT2D eigenvalue weighted by atomic mass is 9.72. The number of carbonyl (C=O) groups excluding carboxylic acids is 3. The average molecular weight is 685 g/mol. The van der Waals surface area contributed by atoms with E-state index in [0.29, 0.717) is 29.6 Å². The summed E-state index contributed by atoms with van der Waals surface area (Å²) in [5.74, 6) is -4.33. The van der Waals surface area contributed by atoms with Crippen molar-refractivity contribution in [3.8, 4) is 0 Å². The SMILES string of the molecule is COC(=O)c1ccc(N2CC[C@H]3[C@@H](C2=O)[C@H](c2ccnc(Cl)c2F)[C@](C)(C(=O)Nc2cccc(Cl)c2)N3CC2CC2)c([N+](=O)[O-])c1C. The molecule has 1 aromatic heterocycles. The normalized spacial score (nSPS) is 24.2. The molecule has 0 spiro atoms. The van der Waals surface area contributed by atoms with E-state index in [1.165, 1.54) is 43.3 Å². The van der Waals surface area contributed by atoms with Crippen LogP contribution in [0, 0.1) is 34.7 Å². The zero-order valence-electron chi connectivity index (χ0n) is 25.8. The zero-order valence-corrected chi connectivity index (χ0v) is 27.3. The van der Waals surface area contributed by atoms with Crippen LogP contribution in [-0.4, -0.2) is 64.4 Å². The number of fused-ring (bicyclic) bond motifs is 1. The summed E-state index contributed by atoms with van der Waals surface area (Å²) in [6, 6.07) is 10.3. The molecule has 47 heavy (non-hydrogen) atoms. The van der Waals surface area contributed by atoms with Crippen LogP contribution < -0.4 is 10.2 Å². The molecule has 0 bridgehead atoms. The zero-order chi connectivity index (χ0) is 33.8. The molecule has 3 fully saturated rings. The smallest absolute Gasteiger partial charge is 0.338 e. The van der Waals surface area contributed by atoms with Crippen LogP contribution in [-0.2, 0) is 14.3 Å². The molecule has 1 aliphatic carbocycles. The second-order valence-electron chi connectivity index (χ2n) is 12.4. The number of benzene rings is 2. The number of nitrogens with zero attached hydrogens (tertiary/aromatic N) is 4. The van der Waals surface area contributed by atoms with Crippen LogP contribution in [0.2, 0.25) is 10.2 Å². The monoisotopic (exact) mass is 683 g/mol. The molecular formula is C33H32Cl2FN5O6. The molecule has 1 saturated carbocycles. The number of methoxy groups -OCH3 is 1. The van der Waals surface area contributed by atoms with Gasteiger partial charge in [-0.1, -0.05) is 29.3 Å². The van der Waals surface area contributed by atoms with Gasteiger partial charge in [0.1, 0.15) is 11.2 Å². The fourth-order valence-electron chi connectivity index (χ4n) is 7.35. The Morgan fingerprint density at radius 3 is 2.60 bits per heavy atom. The van der Waals surface area contributed by atoms with Gasteiger partial charge in [-0.2, -0.15) is 0 Å². The average Bonchev–Trinajstić information content (AvgIpc) is 3.82. The Labute approximate surface area is 280 Å². The van der Waals surface area contributed by atoms with E-state index < -0.39 is 62.8 Å². The van der Waals surface area contributed by atoms with E-state index in [0.717, 1.165) is 12.8 Å². The van der Waals surface area contributed by atoms with E-state index in [9.17, 15) is 24.5 Å². The van der Waals surface area contributed by atoms with E-state index in [-0.39, 0.29) is 28.9 Å². The number of esters is 1. The predicted molar refractivity (Wildman–Crippen MR) is 173 cm³/mol. The molecule has 3 aromatic rings. The van der Waals surface area contributed by atoms with Crippen LogP contribution >= 0.6 is 23.2 Å². The molecule has 2 aliphatic heterocycles. The molecule has 3 aliphatic rings. The molecule has 4 atom stereocenters. The molecule has 14 heteroatoms. The summed E-state index contributed by atoms with van der Waals surface area (Å²) in [4.78, 5) is 60.6. The number of hydrogen-bond donors (Lipinski definition) is 1. The summed E-state index contributed by atoms with van der Waals surface area (Å²) < 4.78 is 20.8. The van der Waals surface area contributed by atoms with Crippen LogP contribution in [0.4, 0.5) is 21.5 Å². The molecule has 0 radical (unpaired) electrons. The van der Waals surface area contributed by atoms with Gasteiger partial charge < -0.3 is 15.0 Å². The van der Waals surface area contributed by atoms with Crippen LogP contribution in [0.5, 0.6) is 0 Å². The van der Waals surface area contributed by atoms with Gasteiger partial charge in [0.15, 0.2) is 11.0 Å². The fraction of sp³-hybridized carbons (Fsp3) is 0.394. The Balaban J connectivity index is 1.50. The van der Waals surface area contributed by atoms with Crippen molar-refractivity contribution >= 4 is 58.0 Å². The molecule has 0 unspecified atom stereocenters. The van der Waals surface area contributed by atoms with Gasteiger partial charge in [-0.25, -0.2) is 14.2 Å². The van der Waals surface area contributed by atoms with Crippen LogP contribution in [0.15, 0.2) is 48.7 Å². The lowest BCUT2D eigenvalue weighted by Gasteiger charge is -2.40. The number of nitrogens with one attached hydrogen (secondary N) is 1. The number of pyridine rings is 1. The largest absolute Gasteiger partial charge is 0.465 e. The van der Waals surface area contributed by atoms with E-state index in [4.69, 9.17) is 27.9 Å². The van der Waals surface area contributed by atoms with Crippen molar-refractivity contribution in [2.75, 3.05) is 30.4 Å². The number of anilines is 2. The Hall–Kier alpha value is -4.13. The van der Waals surface area contributed by atoms with E-state index >= 15 is 4.39 Å². The predicted octanol–water partition coefficient (Wildman–Crippen LogP) is 6.16. The van der Waals surface area contributed by atoms with Gasteiger partial charge in [0.05, 0.1) is 23.5 Å². The highest BCUT2D eigenvalue weighted by atomic mass is 35.5. The highest BCUT2D eigenvalue weighted by molar-refractivity contribution is 6.31. The van der Waals surface area contributed by atoms with E-state index in [1.807, 2.05) is 4.90 Å². The maximum Gasteiger partial charge on any atom is 0.338 e. The molecular weight excluding hydrogens is 652 g/mol. The summed E-state index contributed by atoms with van der Waals surface area (Å²) in [5.41, 5.74) is -1.35. The van der Waals surface area contributed by atoms with Gasteiger partial charge in [0, 0.05) is 47.5 Å². The maximum atomic E-state index is 16.0. The number of ether oxygens (including phenoxy) is 1. The first kappa shape index (κ1) is 32.8. The first-order chi connectivity index (χ1) is 22.4. The number of hydrogen-bond acceptors (Lipinski definition) is 8. The molecule has 2 aromatic carbocycles. The number of nitro benzene ring substituents is 1. The topological polar surface area (TPSA) is 135 Å². The van der Waals surface area contributed by atoms with Crippen LogP contribution in [0.1, 0.15) is 53.6 Å². The summed E-state index contributed by atoms with van der Waals surface area (Å²) in [6.45, 7) is 3.73. The quantitative estimate of drug-likeness (QED) is 0.129. The van der Waals surface area contributed by atoms with Crippen molar-refractivity contribution in [2.24, 2.45) is 11.8 Å². The minimum absolute atomic E-state index is 0.00121. The number of nitro groups is 1. The number of rotatable bonds is 8. The van der Waals surface area contributed by atoms with Gasteiger partial charge in [-0.3, -0.25) is 24.6 Å². The Morgan fingerprint density at radius 1 is 1.19 bits per heavy atom. The van der Waals surface area contributed by atoms with E-state index in [1.54, 1.807) is 31.2 Å². The van der Waals surface area contributed by atoms with E-state index in [2.05, 4.69) is 10.3 Å². The van der Waals surface area contributed by atoms with Crippen molar-refractivity contribution < 1.29 is 28.4 Å². The maximum absolute atomic E-state index is 16.0. The number of piperidine rings is 1. The third kappa shape index (κ3) is 5.62. The molecule has 1 N–H and O–H groups in total. The van der Waals surface area contributed by atoms with Gasteiger partial charge in [-0.05, 0) is 81.0 Å². The lowest BCUT2D eigenvalue weighted by molar-refractivity contribution is -0.384. The molecule has 6 rings (SSSR count). The molecule has 2 amide bonds. The minimum Gasteiger partial charge on any atom is -0.465 e. The van der Waals surface area contributed by atoms with Gasteiger partial charge in [0.2, 0.25) is 11.8 Å². The summed E-state index contributed by atoms with van der Waals surface area (Å²) in [5, 5.41) is 15.4. The third-order valence-corrected chi connectivity index (χ3v) is 10.3. The van der Waals surface area contributed by atoms with Gasteiger partial charge in [0.25, 0.3) is 5.69 Å². The number of amides is 2. The van der Waals surface area contributed by atoms with Crippen LogP contribution in [0.25, 0.3) is 0 Å². The first-order valence-electron chi connectivity index (χ1n) is 15.2. The number of carbonyl (C=O) groups is 3. The fourth-order valence-corrected chi connectivity index (χ4v) is 7.71. The second-order valence-corrected chi connectivity index (χ2v) is 13.2. The van der Waals surface area contributed by atoms with Crippen molar-refractivity contribution in [3.05, 3.63) is 91.5 Å².